The minimum Gasteiger partial charge on any atom is -0.396 e. The number of rotatable bonds is 2. The molecule has 0 amide bonds. The van der Waals surface area contributed by atoms with Crippen LogP contribution in [-0.4, -0.2) is 30.6 Å². The largest absolute Gasteiger partial charge is 0.396 e. The first-order valence-corrected chi connectivity index (χ1v) is 6.37. The molecule has 0 aromatic heterocycles. The lowest BCUT2D eigenvalue weighted by atomic mass is 9.98. The molecule has 2 rings (SSSR count). The third kappa shape index (κ3) is 2.57. The zero-order valence-electron chi connectivity index (χ0n) is 11.0. The predicted octanol–water partition coefficient (Wildman–Crippen LogP) is 2.04. The molecular formula is C14H20N4. The van der Waals surface area contributed by atoms with Crippen LogP contribution in [0.2, 0.25) is 0 Å². The number of nitriles is 1. The molecule has 1 aliphatic heterocycles. The lowest BCUT2D eigenvalue weighted by molar-refractivity contribution is 0.190. The first kappa shape index (κ1) is 12.7. The van der Waals surface area contributed by atoms with Crippen molar-refractivity contribution in [3.8, 4) is 6.07 Å². The van der Waals surface area contributed by atoms with Crippen LogP contribution in [0.5, 0.6) is 0 Å². The standard InChI is InChI=1S/C14H20N4/c1-10-8-12(6-7-18(10)2)17-13-5-3-4-11(9-15)14(13)16/h3-5,10,12,17H,6-8,16H2,1-2H3. The monoisotopic (exact) mass is 244 g/mol. The number of benzene rings is 1. The van der Waals surface area contributed by atoms with Crippen molar-refractivity contribution in [3.63, 3.8) is 0 Å². The second-order valence-corrected chi connectivity index (χ2v) is 5.07. The van der Waals surface area contributed by atoms with Gasteiger partial charge in [-0.05, 0) is 38.9 Å². The molecule has 2 unspecified atom stereocenters. The first-order chi connectivity index (χ1) is 8.61. The van der Waals surface area contributed by atoms with Crippen LogP contribution in [0.1, 0.15) is 25.3 Å². The number of hydrogen-bond donors (Lipinski definition) is 2. The molecule has 4 nitrogen and oxygen atoms in total. The minimum atomic E-state index is 0.437. The molecule has 4 heteroatoms. The number of para-hydroxylation sites is 1. The van der Waals surface area contributed by atoms with E-state index in [9.17, 15) is 0 Å². The summed E-state index contributed by atoms with van der Waals surface area (Å²) in [7, 11) is 2.16. The van der Waals surface area contributed by atoms with E-state index < -0.39 is 0 Å². The Labute approximate surface area is 108 Å². The van der Waals surface area contributed by atoms with Gasteiger partial charge in [0.15, 0.2) is 0 Å². The van der Waals surface area contributed by atoms with E-state index in [0.717, 1.165) is 25.1 Å². The van der Waals surface area contributed by atoms with Gasteiger partial charge in [-0.15, -0.1) is 0 Å². The third-order valence-corrected chi connectivity index (χ3v) is 3.79. The van der Waals surface area contributed by atoms with Gasteiger partial charge in [0.25, 0.3) is 0 Å². The summed E-state index contributed by atoms with van der Waals surface area (Å²) in [6.45, 7) is 3.33. The third-order valence-electron chi connectivity index (χ3n) is 3.79. The zero-order chi connectivity index (χ0) is 13.1. The van der Waals surface area contributed by atoms with Crippen LogP contribution in [0, 0.1) is 11.3 Å². The quantitative estimate of drug-likeness (QED) is 0.781. The summed E-state index contributed by atoms with van der Waals surface area (Å²) < 4.78 is 0. The maximum atomic E-state index is 8.96. The molecule has 0 bridgehead atoms. The van der Waals surface area contributed by atoms with Gasteiger partial charge in [-0.2, -0.15) is 5.26 Å². The van der Waals surface area contributed by atoms with Crippen molar-refractivity contribution in [2.24, 2.45) is 0 Å². The number of piperidine rings is 1. The molecule has 96 valence electrons. The number of nitrogens with two attached hydrogens (primary N) is 1. The van der Waals surface area contributed by atoms with Crippen LogP contribution in [0.3, 0.4) is 0 Å². The molecule has 0 spiro atoms. The average Bonchev–Trinajstić information content (AvgIpc) is 2.36. The smallest absolute Gasteiger partial charge is 0.101 e. The Morgan fingerprint density at radius 1 is 1.50 bits per heavy atom. The highest BCUT2D eigenvalue weighted by atomic mass is 15.1. The van der Waals surface area contributed by atoms with E-state index in [1.165, 1.54) is 0 Å². The van der Waals surface area contributed by atoms with Crippen LogP contribution < -0.4 is 11.1 Å². The predicted molar refractivity (Wildman–Crippen MR) is 74.3 cm³/mol. The van der Waals surface area contributed by atoms with E-state index in [1.54, 1.807) is 6.07 Å². The summed E-state index contributed by atoms with van der Waals surface area (Å²) in [6.07, 6.45) is 2.21. The molecule has 0 radical (unpaired) electrons. The van der Waals surface area contributed by atoms with E-state index in [-0.39, 0.29) is 0 Å². The van der Waals surface area contributed by atoms with Gasteiger partial charge >= 0.3 is 0 Å². The molecule has 0 aliphatic carbocycles. The van der Waals surface area contributed by atoms with Crippen LogP contribution in [0.4, 0.5) is 11.4 Å². The fourth-order valence-electron chi connectivity index (χ4n) is 2.43. The second-order valence-electron chi connectivity index (χ2n) is 5.07. The Hall–Kier alpha value is -1.73. The highest BCUT2D eigenvalue weighted by Gasteiger charge is 2.23. The van der Waals surface area contributed by atoms with Crippen molar-refractivity contribution in [1.82, 2.24) is 4.90 Å². The molecule has 1 heterocycles. The summed E-state index contributed by atoms with van der Waals surface area (Å²) in [5.74, 6) is 0. The number of anilines is 2. The number of nitrogen functional groups attached to an aromatic ring is 1. The maximum Gasteiger partial charge on any atom is 0.101 e. The van der Waals surface area contributed by atoms with Crippen molar-refractivity contribution >= 4 is 11.4 Å². The van der Waals surface area contributed by atoms with Gasteiger partial charge in [-0.25, -0.2) is 0 Å². The Balaban J connectivity index is 2.09. The highest BCUT2D eigenvalue weighted by Crippen LogP contribution is 2.26. The van der Waals surface area contributed by atoms with Crippen molar-refractivity contribution in [3.05, 3.63) is 23.8 Å². The summed E-state index contributed by atoms with van der Waals surface area (Å²) in [5, 5.41) is 12.4. The number of nitrogens with one attached hydrogen (secondary N) is 1. The number of nitrogens with zero attached hydrogens (tertiary/aromatic N) is 2. The lowest BCUT2D eigenvalue weighted by Crippen LogP contribution is -2.42. The lowest BCUT2D eigenvalue weighted by Gasteiger charge is -2.36. The van der Waals surface area contributed by atoms with Crippen molar-refractivity contribution in [2.45, 2.75) is 31.8 Å². The van der Waals surface area contributed by atoms with Crippen molar-refractivity contribution in [1.29, 1.82) is 5.26 Å². The minimum absolute atomic E-state index is 0.437. The molecule has 0 saturated carbocycles. The maximum absolute atomic E-state index is 8.96. The van der Waals surface area contributed by atoms with E-state index in [4.69, 9.17) is 11.0 Å². The van der Waals surface area contributed by atoms with Gasteiger partial charge < -0.3 is 16.0 Å². The molecule has 2 atom stereocenters. The first-order valence-electron chi connectivity index (χ1n) is 6.37. The van der Waals surface area contributed by atoms with E-state index >= 15 is 0 Å². The van der Waals surface area contributed by atoms with Gasteiger partial charge in [-0.3, -0.25) is 0 Å². The molecule has 1 saturated heterocycles. The van der Waals surface area contributed by atoms with Gasteiger partial charge in [0.2, 0.25) is 0 Å². The number of hydrogen-bond acceptors (Lipinski definition) is 4. The van der Waals surface area contributed by atoms with Crippen LogP contribution in [0.15, 0.2) is 18.2 Å². The summed E-state index contributed by atoms with van der Waals surface area (Å²) >= 11 is 0. The highest BCUT2D eigenvalue weighted by molar-refractivity contribution is 5.73. The molecule has 1 fully saturated rings. The SMILES string of the molecule is CC1CC(Nc2cccc(C#N)c2N)CCN1C. The summed E-state index contributed by atoms with van der Waals surface area (Å²) in [5.41, 5.74) is 7.97. The molecule has 3 N–H and O–H groups in total. The van der Waals surface area contributed by atoms with Crippen molar-refractivity contribution in [2.75, 3.05) is 24.6 Å². The number of likely N-dealkylation sites (tertiary alicyclic amines) is 1. The fraction of sp³-hybridized carbons (Fsp3) is 0.500. The topological polar surface area (TPSA) is 65.1 Å². The van der Waals surface area contributed by atoms with Gasteiger partial charge in [0.1, 0.15) is 6.07 Å². The van der Waals surface area contributed by atoms with Gasteiger partial charge in [0.05, 0.1) is 16.9 Å². The Bertz CT molecular complexity index is 463. The van der Waals surface area contributed by atoms with Gasteiger partial charge in [0, 0.05) is 18.6 Å². The van der Waals surface area contributed by atoms with E-state index in [1.807, 2.05) is 12.1 Å². The molecule has 1 aromatic rings. The molecule has 1 aliphatic rings. The fourth-order valence-corrected chi connectivity index (χ4v) is 2.43. The van der Waals surface area contributed by atoms with E-state index in [0.29, 0.717) is 23.3 Å². The van der Waals surface area contributed by atoms with Crippen molar-refractivity contribution < 1.29 is 0 Å². The van der Waals surface area contributed by atoms with Gasteiger partial charge in [-0.1, -0.05) is 6.07 Å². The molecule has 18 heavy (non-hydrogen) atoms. The molecular weight excluding hydrogens is 224 g/mol. The summed E-state index contributed by atoms with van der Waals surface area (Å²) in [6, 6.07) is 8.70. The average molecular weight is 244 g/mol. The van der Waals surface area contributed by atoms with Crippen LogP contribution >= 0.6 is 0 Å². The van der Waals surface area contributed by atoms with Crippen LogP contribution in [-0.2, 0) is 0 Å². The second kappa shape index (κ2) is 5.28. The van der Waals surface area contributed by atoms with Crippen LogP contribution in [0.25, 0.3) is 0 Å². The Morgan fingerprint density at radius 2 is 2.28 bits per heavy atom. The Kier molecular flexibility index (Phi) is 3.73. The zero-order valence-corrected chi connectivity index (χ0v) is 11.0. The molecule has 1 aromatic carbocycles. The Morgan fingerprint density at radius 3 is 2.94 bits per heavy atom. The normalized spacial score (nSPS) is 24.5. The van der Waals surface area contributed by atoms with E-state index in [2.05, 4.69) is 30.3 Å². The summed E-state index contributed by atoms with van der Waals surface area (Å²) in [4.78, 5) is 2.37.